The smallest absolute Gasteiger partial charge is 0.226 e. The van der Waals surface area contributed by atoms with Crippen molar-refractivity contribution in [3.05, 3.63) is 35.6 Å². The lowest BCUT2D eigenvalue weighted by atomic mass is 9.90. The van der Waals surface area contributed by atoms with Gasteiger partial charge < -0.3 is 10.6 Å². The summed E-state index contributed by atoms with van der Waals surface area (Å²) in [7, 11) is 0. The molecule has 2 N–H and O–H groups in total. The number of hydrogen-bond acceptors (Lipinski definition) is 2. The summed E-state index contributed by atoms with van der Waals surface area (Å²) in [6, 6.07) is 6.52. The van der Waals surface area contributed by atoms with E-state index in [1.54, 1.807) is 12.1 Å². The summed E-state index contributed by atoms with van der Waals surface area (Å²) in [4.78, 5) is 14.4. The van der Waals surface area contributed by atoms with Crippen LogP contribution in [0.4, 0.5) is 4.39 Å². The molecular weight excluding hydrogens is 291 g/mol. The van der Waals surface area contributed by atoms with Crippen LogP contribution in [0.15, 0.2) is 24.3 Å². The molecule has 2 aliphatic rings. The Kier molecular flexibility index (Phi) is 4.59. The minimum absolute atomic E-state index is 0. The van der Waals surface area contributed by atoms with Crippen LogP contribution in [0.25, 0.3) is 0 Å². The number of likely N-dealkylation sites (tertiary alicyclic amines) is 1. The van der Waals surface area contributed by atoms with Crippen LogP contribution in [0.3, 0.4) is 0 Å². The first-order valence-electron chi connectivity index (χ1n) is 7.27. The van der Waals surface area contributed by atoms with Crippen LogP contribution in [0, 0.1) is 17.2 Å². The summed E-state index contributed by atoms with van der Waals surface area (Å²) in [5.74, 6) is 0.375. The molecule has 1 amide bonds. The van der Waals surface area contributed by atoms with Gasteiger partial charge in [-0.3, -0.25) is 4.79 Å². The van der Waals surface area contributed by atoms with E-state index in [2.05, 4.69) is 6.92 Å². The van der Waals surface area contributed by atoms with Gasteiger partial charge in [-0.1, -0.05) is 19.1 Å². The fraction of sp³-hybridized carbons (Fsp3) is 0.562. The molecular formula is C16H22ClFN2O. The van der Waals surface area contributed by atoms with Crippen LogP contribution in [0.5, 0.6) is 0 Å². The molecule has 0 radical (unpaired) electrons. The zero-order valence-electron chi connectivity index (χ0n) is 12.2. The minimum Gasteiger partial charge on any atom is -0.342 e. The number of benzene rings is 1. The maximum atomic E-state index is 12.9. The number of carbonyl (C=O) groups excluding carboxylic acids is 1. The van der Waals surface area contributed by atoms with Crippen LogP contribution in [-0.2, 0) is 4.79 Å². The Morgan fingerprint density at radius 2 is 2.10 bits per heavy atom. The van der Waals surface area contributed by atoms with Crippen molar-refractivity contribution in [3.8, 4) is 0 Å². The maximum absolute atomic E-state index is 12.9. The molecule has 1 heterocycles. The molecule has 1 aromatic rings. The summed E-state index contributed by atoms with van der Waals surface area (Å²) in [5, 5.41) is 0. The molecule has 0 spiro atoms. The fourth-order valence-electron chi connectivity index (χ4n) is 3.16. The highest BCUT2D eigenvalue weighted by Crippen LogP contribution is 2.49. The average Bonchev–Trinajstić information content (AvgIpc) is 3.15. The van der Waals surface area contributed by atoms with Crippen LogP contribution in [-0.4, -0.2) is 30.4 Å². The third-order valence-corrected chi connectivity index (χ3v) is 4.77. The lowest BCUT2D eigenvalue weighted by Gasteiger charge is -2.22. The number of carbonyl (C=O) groups is 1. The van der Waals surface area contributed by atoms with Crippen molar-refractivity contribution in [3.63, 3.8) is 0 Å². The van der Waals surface area contributed by atoms with E-state index >= 15 is 0 Å². The van der Waals surface area contributed by atoms with Gasteiger partial charge in [-0.2, -0.15) is 0 Å². The Labute approximate surface area is 131 Å². The van der Waals surface area contributed by atoms with Crippen LogP contribution >= 0.6 is 12.4 Å². The second kappa shape index (κ2) is 5.93. The monoisotopic (exact) mass is 312 g/mol. The molecule has 1 saturated heterocycles. The molecule has 1 saturated carbocycles. The van der Waals surface area contributed by atoms with E-state index in [-0.39, 0.29) is 41.4 Å². The Morgan fingerprint density at radius 1 is 1.43 bits per heavy atom. The van der Waals surface area contributed by atoms with Crippen molar-refractivity contribution < 1.29 is 9.18 Å². The Hall–Kier alpha value is -1.13. The van der Waals surface area contributed by atoms with E-state index < -0.39 is 0 Å². The van der Waals surface area contributed by atoms with Crippen LogP contribution < -0.4 is 5.73 Å². The van der Waals surface area contributed by atoms with Crippen molar-refractivity contribution in [2.75, 3.05) is 19.6 Å². The fourth-order valence-corrected chi connectivity index (χ4v) is 3.16. The molecule has 0 aromatic heterocycles. The van der Waals surface area contributed by atoms with E-state index in [9.17, 15) is 9.18 Å². The van der Waals surface area contributed by atoms with Crippen molar-refractivity contribution in [1.29, 1.82) is 0 Å². The topological polar surface area (TPSA) is 46.3 Å². The average molecular weight is 313 g/mol. The highest BCUT2D eigenvalue weighted by Gasteiger charge is 2.47. The molecule has 3 atom stereocenters. The van der Waals surface area contributed by atoms with Crippen molar-refractivity contribution >= 4 is 18.3 Å². The van der Waals surface area contributed by atoms with Crippen molar-refractivity contribution in [2.45, 2.75) is 25.7 Å². The van der Waals surface area contributed by atoms with E-state index in [4.69, 9.17) is 5.73 Å². The largest absolute Gasteiger partial charge is 0.342 e. The molecule has 21 heavy (non-hydrogen) atoms. The Bertz CT molecular complexity index is 522. The van der Waals surface area contributed by atoms with Gasteiger partial charge >= 0.3 is 0 Å². The predicted molar refractivity (Wildman–Crippen MR) is 82.9 cm³/mol. The minimum atomic E-state index is -0.226. The molecule has 1 aliphatic carbocycles. The maximum Gasteiger partial charge on any atom is 0.226 e. The van der Waals surface area contributed by atoms with Gasteiger partial charge in [-0.05, 0) is 48.4 Å². The van der Waals surface area contributed by atoms with Gasteiger partial charge in [0.1, 0.15) is 5.82 Å². The van der Waals surface area contributed by atoms with Gasteiger partial charge in [-0.15, -0.1) is 12.4 Å². The normalized spacial score (nSPS) is 30.9. The predicted octanol–water partition coefficient (Wildman–Crippen LogP) is 2.55. The SMILES string of the molecule is CC1(CN)CCN(C(=O)C2CC2c2ccc(F)cc2)C1.Cl. The van der Waals surface area contributed by atoms with E-state index in [1.165, 1.54) is 12.1 Å². The van der Waals surface area contributed by atoms with Gasteiger partial charge in [0.05, 0.1) is 0 Å². The zero-order valence-corrected chi connectivity index (χ0v) is 13.0. The second-order valence-corrected chi connectivity index (χ2v) is 6.52. The molecule has 0 bridgehead atoms. The molecule has 116 valence electrons. The standard InChI is InChI=1S/C16H21FN2O.ClH/c1-16(9-18)6-7-19(10-16)15(20)14-8-13(14)11-2-4-12(17)5-3-11;/h2-5,13-14H,6-10,18H2,1H3;1H. The number of nitrogens with two attached hydrogens (primary N) is 1. The third-order valence-electron chi connectivity index (χ3n) is 4.77. The van der Waals surface area contributed by atoms with Gasteiger partial charge in [0.2, 0.25) is 5.91 Å². The lowest BCUT2D eigenvalue weighted by molar-refractivity contribution is -0.132. The highest BCUT2D eigenvalue weighted by atomic mass is 35.5. The van der Waals surface area contributed by atoms with E-state index in [0.29, 0.717) is 6.54 Å². The molecule has 3 rings (SSSR count). The highest BCUT2D eigenvalue weighted by molar-refractivity contribution is 5.85. The first kappa shape index (κ1) is 16.2. The molecule has 2 fully saturated rings. The number of rotatable bonds is 3. The first-order chi connectivity index (χ1) is 9.52. The van der Waals surface area contributed by atoms with Crippen molar-refractivity contribution in [2.24, 2.45) is 17.1 Å². The Balaban J connectivity index is 0.00000161. The number of hydrogen-bond donors (Lipinski definition) is 1. The molecule has 5 heteroatoms. The van der Waals surface area contributed by atoms with Crippen molar-refractivity contribution in [1.82, 2.24) is 4.90 Å². The van der Waals surface area contributed by atoms with E-state index in [1.807, 2.05) is 4.90 Å². The quantitative estimate of drug-likeness (QED) is 0.932. The first-order valence-corrected chi connectivity index (χ1v) is 7.27. The third kappa shape index (κ3) is 3.22. The zero-order chi connectivity index (χ0) is 14.3. The summed E-state index contributed by atoms with van der Waals surface area (Å²) in [5.41, 5.74) is 6.94. The van der Waals surface area contributed by atoms with E-state index in [0.717, 1.165) is 31.5 Å². The van der Waals surface area contributed by atoms with Gasteiger partial charge in [0.25, 0.3) is 0 Å². The van der Waals surface area contributed by atoms with Crippen LogP contribution in [0.1, 0.15) is 31.2 Å². The van der Waals surface area contributed by atoms with Gasteiger partial charge in [0.15, 0.2) is 0 Å². The molecule has 1 aromatic carbocycles. The summed E-state index contributed by atoms with van der Waals surface area (Å²) >= 11 is 0. The Morgan fingerprint density at radius 3 is 2.67 bits per heavy atom. The lowest BCUT2D eigenvalue weighted by Crippen LogP contribution is -2.35. The summed E-state index contributed by atoms with van der Waals surface area (Å²) in [6.07, 6.45) is 1.88. The number of amides is 1. The molecule has 1 aliphatic heterocycles. The molecule has 3 unspecified atom stereocenters. The molecule has 3 nitrogen and oxygen atoms in total. The summed E-state index contributed by atoms with van der Waals surface area (Å²) in [6.45, 7) is 4.36. The second-order valence-electron chi connectivity index (χ2n) is 6.52. The summed E-state index contributed by atoms with van der Waals surface area (Å²) < 4.78 is 12.9. The van der Waals surface area contributed by atoms with Gasteiger partial charge in [-0.25, -0.2) is 4.39 Å². The number of nitrogens with zero attached hydrogens (tertiary/aromatic N) is 1. The van der Waals surface area contributed by atoms with Gasteiger partial charge in [0, 0.05) is 19.0 Å². The number of halogens is 2. The van der Waals surface area contributed by atoms with Crippen LogP contribution in [0.2, 0.25) is 0 Å².